The number of ether oxygens (including phenoxy) is 1. The number of pyridine rings is 1. The number of fused-ring (bicyclic) bond motifs is 1. The average molecular weight is 340 g/mol. The molecule has 4 rings (SSSR count). The molecule has 25 heavy (non-hydrogen) atoms. The molecule has 1 saturated carbocycles. The highest BCUT2D eigenvalue weighted by Gasteiger charge is 2.45. The van der Waals surface area contributed by atoms with E-state index in [0.29, 0.717) is 18.7 Å². The van der Waals surface area contributed by atoms with E-state index in [4.69, 9.17) is 9.72 Å². The minimum Gasteiger partial charge on any atom is -0.461 e. The number of hydrogen-bond donors (Lipinski definition) is 1. The Balaban J connectivity index is 1.49. The summed E-state index contributed by atoms with van der Waals surface area (Å²) < 4.78 is 4.99. The number of aromatic amines is 1. The molecule has 6 heteroatoms. The van der Waals surface area contributed by atoms with Gasteiger partial charge in [-0.25, -0.2) is 9.78 Å². The number of piperidine rings is 1. The first-order valence-corrected chi connectivity index (χ1v) is 9.13. The van der Waals surface area contributed by atoms with Gasteiger partial charge in [-0.2, -0.15) is 5.10 Å². The lowest BCUT2D eigenvalue weighted by Crippen LogP contribution is -2.23. The summed E-state index contributed by atoms with van der Waals surface area (Å²) >= 11 is 0. The van der Waals surface area contributed by atoms with Crippen molar-refractivity contribution >= 4 is 11.8 Å². The van der Waals surface area contributed by atoms with Crippen molar-refractivity contribution < 1.29 is 9.53 Å². The Morgan fingerprint density at radius 3 is 2.84 bits per heavy atom. The molecule has 0 radical (unpaired) electrons. The summed E-state index contributed by atoms with van der Waals surface area (Å²) in [5, 5.41) is 7.00. The fraction of sp³-hybridized carbons (Fsp3) is 0.526. The Bertz CT molecular complexity index is 775. The highest BCUT2D eigenvalue weighted by atomic mass is 16.5. The molecule has 2 aromatic heterocycles. The van der Waals surface area contributed by atoms with Crippen molar-refractivity contribution in [3.8, 4) is 0 Å². The van der Waals surface area contributed by atoms with E-state index in [1.165, 1.54) is 6.42 Å². The first-order chi connectivity index (χ1) is 12.2. The van der Waals surface area contributed by atoms with Crippen molar-refractivity contribution in [2.24, 2.45) is 11.8 Å². The van der Waals surface area contributed by atoms with Gasteiger partial charge in [-0.15, -0.1) is 0 Å². The summed E-state index contributed by atoms with van der Waals surface area (Å²) in [6.07, 6.45) is 2.95. The number of rotatable bonds is 6. The van der Waals surface area contributed by atoms with Gasteiger partial charge in [-0.3, -0.25) is 5.10 Å². The summed E-state index contributed by atoms with van der Waals surface area (Å²) in [6, 6.07) is 6.04. The van der Waals surface area contributed by atoms with E-state index in [-0.39, 0.29) is 5.97 Å². The molecule has 1 aliphatic carbocycles. The third kappa shape index (κ3) is 3.25. The lowest BCUT2D eigenvalue weighted by molar-refractivity contribution is 0.0519. The zero-order valence-electron chi connectivity index (χ0n) is 14.8. The predicted octanol–water partition coefficient (Wildman–Crippen LogP) is 2.59. The Labute approximate surface area is 147 Å². The molecule has 1 N–H and O–H groups in total. The standard InChI is InChI=1S/C19H24N4O2/c1-3-16-12(8-15-9-17(22-21-15)19(24)25-4-2)5-6-18(20-16)23-10-13-7-14(13)11-23/h5-6,9,13-14H,3-4,7-8,10-11H2,1-2H3,(H,21,22). The molecule has 0 bridgehead atoms. The molecule has 2 aliphatic rings. The number of H-pyrrole nitrogens is 1. The lowest BCUT2D eigenvalue weighted by atomic mass is 10.1. The largest absolute Gasteiger partial charge is 0.461 e. The normalized spacial score (nSPS) is 21.3. The van der Waals surface area contributed by atoms with Crippen molar-refractivity contribution in [1.82, 2.24) is 15.2 Å². The maximum Gasteiger partial charge on any atom is 0.356 e. The first-order valence-electron chi connectivity index (χ1n) is 9.13. The summed E-state index contributed by atoms with van der Waals surface area (Å²) in [5.74, 6) is 2.54. The Morgan fingerprint density at radius 2 is 2.12 bits per heavy atom. The monoisotopic (exact) mass is 340 g/mol. The van der Waals surface area contributed by atoms with E-state index < -0.39 is 0 Å². The Kier molecular flexibility index (Phi) is 4.19. The van der Waals surface area contributed by atoms with Crippen molar-refractivity contribution in [3.05, 3.63) is 40.8 Å². The van der Waals surface area contributed by atoms with Crippen molar-refractivity contribution in [3.63, 3.8) is 0 Å². The van der Waals surface area contributed by atoms with Crippen LogP contribution in [0.2, 0.25) is 0 Å². The highest BCUT2D eigenvalue weighted by Crippen LogP contribution is 2.46. The average Bonchev–Trinajstić information content (AvgIpc) is 3.02. The van der Waals surface area contributed by atoms with Crippen LogP contribution in [0.3, 0.4) is 0 Å². The van der Waals surface area contributed by atoms with Crippen LogP contribution in [0.1, 0.15) is 47.7 Å². The quantitative estimate of drug-likeness (QED) is 0.819. The van der Waals surface area contributed by atoms with Gasteiger partial charge < -0.3 is 9.64 Å². The van der Waals surface area contributed by atoms with E-state index in [1.807, 2.05) is 0 Å². The molecule has 2 aromatic rings. The molecule has 2 fully saturated rings. The number of aryl methyl sites for hydroxylation is 1. The molecule has 0 amide bonds. The lowest BCUT2D eigenvalue weighted by Gasteiger charge is -2.20. The van der Waals surface area contributed by atoms with Gasteiger partial charge in [-0.05, 0) is 49.3 Å². The van der Waals surface area contributed by atoms with Crippen LogP contribution in [-0.2, 0) is 17.6 Å². The van der Waals surface area contributed by atoms with E-state index in [9.17, 15) is 4.79 Å². The predicted molar refractivity (Wildman–Crippen MR) is 94.8 cm³/mol. The summed E-state index contributed by atoms with van der Waals surface area (Å²) in [4.78, 5) is 19.0. The second-order valence-electron chi connectivity index (χ2n) is 6.96. The molecule has 6 nitrogen and oxygen atoms in total. The zero-order valence-corrected chi connectivity index (χ0v) is 14.8. The summed E-state index contributed by atoms with van der Waals surface area (Å²) in [6.45, 7) is 6.59. The van der Waals surface area contributed by atoms with Crippen LogP contribution in [0, 0.1) is 11.8 Å². The van der Waals surface area contributed by atoms with E-state index in [0.717, 1.165) is 54.1 Å². The van der Waals surface area contributed by atoms with Gasteiger partial charge in [0, 0.05) is 25.2 Å². The fourth-order valence-corrected chi connectivity index (χ4v) is 3.71. The number of esters is 1. The molecule has 132 valence electrons. The van der Waals surface area contributed by atoms with Gasteiger partial charge in [0.25, 0.3) is 0 Å². The minimum absolute atomic E-state index is 0.358. The van der Waals surface area contributed by atoms with E-state index in [2.05, 4.69) is 34.2 Å². The maximum atomic E-state index is 11.7. The smallest absolute Gasteiger partial charge is 0.356 e. The third-order valence-corrected chi connectivity index (χ3v) is 5.19. The molecule has 1 aliphatic heterocycles. The van der Waals surface area contributed by atoms with Gasteiger partial charge >= 0.3 is 5.97 Å². The number of hydrogen-bond acceptors (Lipinski definition) is 5. The van der Waals surface area contributed by atoms with Crippen LogP contribution in [0.25, 0.3) is 0 Å². The molecule has 0 aromatic carbocycles. The van der Waals surface area contributed by atoms with Crippen LogP contribution < -0.4 is 4.90 Å². The minimum atomic E-state index is -0.363. The van der Waals surface area contributed by atoms with Gasteiger partial charge in [0.2, 0.25) is 0 Å². The number of carbonyl (C=O) groups is 1. The van der Waals surface area contributed by atoms with Crippen LogP contribution in [0.15, 0.2) is 18.2 Å². The number of carbonyl (C=O) groups excluding carboxylic acids is 1. The molecular weight excluding hydrogens is 316 g/mol. The molecule has 0 spiro atoms. The van der Waals surface area contributed by atoms with Crippen molar-refractivity contribution in [2.45, 2.75) is 33.1 Å². The fourth-order valence-electron chi connectivity index (χ4n) is 3.71. The molecular formula is C19H24N4O2. The van der Waals surface area contributed by atoms with Crippen molar-refractivity contribution in [1.29, 1.82) is 0 Å². The van der Waals surface area contributed by atoms with Gasteiger partial charge in [0.1, 0.15) is 11.5 Å². The first kappa shape index (κ1) is 16.1. The number of nitrogens with zero attached hydrogens (tertiary/aromatic N) is 3. The summed E-state index contributed by atoms with van der Waals surface area (Å²) in [5.41, 5.74) is 3.50. The van der Waals surface area contributed by atoms with Crippen LogP contribution in [0.4, 0.5) is 5.82 Å². The third-order valence-electron chi connectivity index (χ3n) is 5.19. The topological polar surface area (TPSA) is 71.1 Å². The van der Waals surface area contributed by atoms with Gasteiger partial charge in [-0.1, -0.05) is 13.0 Å². The number of nitrogens with one attached hydrogen (secondary N) is 1. The van der Waals surface area contributed by atoms with Gasteiger partial charge in [0.15, 0.2) is 0 Å². The SMILES string of the molecule is CCOC(=O)c1cc(Cc2ccc(N3CC4CC4C3)nc2CC)n[nH]1. The number of aromatic nitrogens is 3. The van der Waals surface area contributed by atoms with Crippen molar-refractivity contribution in [2.75, 3.05) is 24.6 Å². The van der Waals surface area contributed by atoms with Crippen LogP contribution >= 0.6 is 0 Å². The van der Waals surface area contributed by atoms with Gasteiger partial charge in [0.05, 0.1) is 12.3 Å². The summed E-state index contributed by atoms with van der Waals surface area (Å²) in [7, 11) is 0. The number of anilines is 1. The zero-order chi connectivity index (χ0) is 17.4. The van der Waals surface area contributed by atoms with E-state index >= 15 is 0 Å². The second-order valence-corrected chi connectivity index (χ2v) is 6.96. The molecule has 1 saturated heterocycles. The molecule has 2 unspecified atom stereocenters. The highest BCUT2D eigenvalue weighted by molar-refractivity contribution is 5.87. The van der Waals surface area contributed by atoms with E-state index in [1.54, 1.807) is 13.0 Å². The van der Waals surface area contributed by atoms with Crippen LogP contribution in [0.5, 0.6) is 0 Å². The Hall–Kier alpha value is -2.37. The molecule has 3 heterocycles. The maximum absolute atomic E-state index is 11.7. The Morgan fingerprint density at radius 1 is 1.32 bits per heavy atom. The second kappa shape index (κ2) is 6.50. The van der Waals surface area contributed by atoms with Crippen LogP contribution in [-0.4, -0.2) is 40.8 Å². The molecule has 2 atom stereocenters.